The smallest absolute Gasteiger partial charge is 0.281 e. The molecule has 126 valence electrons. The number of halogens is 1. The van der Waals surface area contributed by atoms with Crippen molar-refractivity contribution in [3.05, 3.63) is 94.4 Å². The Bertz CT molecular complexity index is 836. The van der Waals surface area contributed by atoms with Gasteiger partial charge in [-0.25, -0.2) is 5.43 Å². The summed E-state index contributed by atoms with van der Waals surface area (Å²) in [7, 11) is 0. The van der Waals surface area contributed by atoms with Gasteiger partial charge in [-0.2, -0.15) is 5.10 Å². The topological polar surface area (TPSA) is 74.8 Å². The Kier molecular flexibility index (Phi) is 5.11. The van der Waals surface area contributed by atoms with Crippen LogP contribution in [0.2, 0.25) is 0 Å². The van der Waals surface area contributed by atoms with Gasteiger partial charge in [0.1, 0.15) is 5.76 Å². The second-order valence-corrected chi connectivity index (χ2v) is 6.07. The number of hydrogen-bond acceptors (Lipinski definition) is 4. The van der Waals surface area contributed by atoms with E-state index in [2.05, 4.69) is 26.5 Å². The number of hydrazone groups is 1. The van der Waals surface area contributed by atoms with Crippen LogP contribution in [0.3, 0.4) is 0 Å². The molecule has 3 rings (SSSR count). The SMILES string of the molecule is O=C(N/N=C\c1ccc(Br)o1)C(O)(c1ccccc1)c1ccccc1. The summed E-state index contributed by atoms with van der Waals surface area (Å²) in [5.74, 6) is -0.193. The molecule has 0 aliphatic heterocycles. The van der Waals surface area contributed by atoms with Gasteiger partial charge in [0.05, 0.1) is 6.21 Å². The van der Waals surface area contributed by atoms with Gasteiger partial charge in [-0.05, 0) is 39.2 Å². The van der Waals surface area contributed by atoms with Gasteiger partial charge in [0, 0.05) is 0 Å². The van der Waals surface area contributed by atoms with E-state index in [4.69, 9.17) is 4.42 Å². The quantitative estimate of drug-likeness (QED) is 0.510. The highest BCUT2D eigenvalue weighted by Gasteiger charge is 2.39. The first kappa shape index (κ1) is 17.1. The lowest BCUT2D eigenvalue weighted by atomic mass is 9.85. The zero-order chi connectivity index (χ0) is 17.7. The van der Waals surface area contributed by atoms with Crippen molar-refractivity contribution in [3.63, 3.8) is 0 Å². The number of hydrogen-bond donors (Lipinski definition) is 2. The maximum atomic E-state index is 12.7. The van der Waals surface area contributed by atoms with Crippen molar-refractivity contribution in [2.45, 2.75) is 5.60 Å². The molecule has 3 aromatic rings. The third-order valence-electron chi connectivity index (χ3n) is 3.66. The van der Waals surface area contributed by atoms with Crippen LogP contribution in [0.5, 0.6) is 0 Å². The molecular weight excluding hydrogens is 384 g/mol. The zero-order valence-corrected chi connectivity index (χ0v) is 14.7. The molecule has 1 heterocycles. The molecule has 0 spiro atoms. The molecule has 5 nitrogen and oxygen atoms in total. The van der Waals surface area contributed by atoms with E-state index in [1.807, 2.05) is 12.1 Å². The molecule has 25 heavy (non-hydrogen) atoms. The fourth-order valence-corrected chi connectivity index (χ4v) is 2.74. The van der Waals surface area contributed by atoms with Crippen molar-refractivity contribution in [1.82, 2.24) is 5.43 Å². The summed E-state index contributed by atoms with van der Waals surface area (Å²) in [6.07, 6.45) is 1.36. The lowest BCUT2D eigenvalue weighted by Gasteiger charge is -2.26. The zero-order valence-electron chi connectivity index (χ0n) is 13.1. The van der Waals surface area contributed by atoms with E-state index >= 15 is 0 Å². The number of nitrogens with zero attached hydrogens (tertiary/aromatic N) is 1. The van der Waals surface area contributed by atoms with Crippen molar-refractivity contribution in [1.29, 1.82) is 0 Å². The molecule has 1 aromatic heterocycles. The van der Waals surface area contributed by atoms with E-state index in [0.717, 1.165) is 0 Å². The fraction of sp³-hybridized carbons (Fsp3) is 0.0526. The van der Waals surface area contributed by atoms with Gasteiger partial charge in [-0.3, -0.25) is 4.79 Å². The van der Waals surface area contributed by atoms with Gasteiger partial charge >= 0.3 is 0 Å². The van der Waals surface area contributed by atoms with Crippen LogP contribution in [0.15, 0.2) is 87.0 Å². The number of aliphatic hydroxyl groups is 1. The summed E-state index contributed by atoms with van der Waals surface area (Å²) in [5.41, 5.74) is 1.43. The Morgan fingerprint density at radius 1 is 1.00 bits per heavy atom. The average molecular weight is 399 g/mol. The van der Waals surface area contributed by atoms with Gasteiger partial charge < -0.3 is 9.52 Å². The summed E-state index contributed by atoms with van der Waals surface area (Å²) >= 11 is 3.19. The number of carbonyl (C=O) groups is 1. The Morgan fingerprint density at radius 3 is 2.04 bits per heavy atom. The van der Waals surface area contributed by atoms with Crippen LogP contribution in [0.25, 0.3) is 0 Å². The lowest BCUT2D eigenvalue weighted by Crippen LogP contribution is -2.43. The molecule has 0 aliphatic carbocycles. The van der Waals surface area contributed by atoms with Gasteiger partial charge in [0.2, 0.25) is 0 Å². The van der Waals surface area contributed by atoms with Crippen molar-refractivity contribution in [3.8, 4) is 0 Å². The first-order valence-corrected chi connectivity index (χ1v) is 8.32. The second-order valence-electron chi connectivity index (χ2n) is 5.28. The number of furan rings is 1. The predicted molar refractivity (Wildman–Crippen MR) is 98.0 cm³/mol. The Labute approximate surface area is 153 Å². The normalized spacial score (nSPS) is 11.6. The van der Waals surface area contributed by atoms with E-state index in [1.54, 1.807) is 60.7 Å². The van der Waals surface area contributed by atoms with Crippen LogP contribution in [0.1, 0.15) is 16.9 Å². The Hall–Kier alpha value is -2.70. The van der Waals surface area contributed by atoms with Crippen molar-refractivity contribution < 1.29 is 14.3 Å². The molecule has 0 saturated carbocycles. The summed E-state index contributed by atoms with van der Waals surface area (Å²) < 4.78 is 5.83. The molecule has 0 fully saturated rings. The molecule has 0 atom stereocenters. The highest BCUT2D eigenvalue weighted by molar-refractivity contribution is 9.10. The minimum absolute atomic E-state index is 0.453. The van der Waals surface area contributed by atoms with Crippen molar-refractivity contribution in [2.75, 3.05) is 0 Å². The van der Waals surface area contributed by atoms with Crippen LogP contribution in [0, 0.1) is 0 Å². The third-order valence-corrected chi connectivity index (χ3v) is 4.09. The first-order chi connectivity index (χ1) is 12.1. The monoisotopic (exact) mass is 398 g/mol. The molecule has 6 heteroatoms. The number of nitrogens with one attached hydrogen (secondary N) is 1. The maximum absolute atomic E-state index is 12.7. The molecule has 0 aliphatic rings. The van der Waals surface area contributed by atoms with Crippen molar-refractivity contribution in [2.24, 2.45) is 5.10 Å². The molecule has 0 bridgehead atoms. The highest BCUT2D eigenvalue weighted by Crippen LogP contribution is 2.29. The van der Waals surface area contributed by atoms with Gasteiger partial charge in [-0.1, -0.05) is 60.7 Å². The van der Waals surface area contributed by atoms with Gasteiger partial charge in [0.25, 0.3) is 5.91 Å². The molecule has 2 N–H and O–H groups in total. The number of amides is 1. The molecule has 0 unspecified atom stereocenters. The minimum Gasteiger partial charge on any atom is -0.448 e. The Morgan fingerprint density at radius 2 is 1.56 bits per heavy atom. The van der Waals surface area contributed by atoms with Crippen LogP contribution in [-0.4, -0.2) is 17.2 Å². The average Bonchev–Trinajstić information content (AvgIpc) is 3.07. The first-order valence-electron chi connectivity index (χ1n) is 7.53. The number of rotatable bonds is 5. The van der Waals surface area contributed by atoms with Crippen LogP contribution < -0.4 is 5.43 Å². The number of benzene rings is 2. The molecule has 0 radical (unpaired) electrons. The predicted octanol–water partition coefficient (Wildman–Crippen LogP) is 3.43. The van der Waals surface area contributed by atoms with Crippen molar-refractivity contribution >= 4 is 28.1 Å². The summed E-state index contributed by atoms with van der Waals surface area (Å²) in [6, 6.07) is 20.9. The van der Waals surface area contributed by atoms with Gasteiger partial charge in [0.15, 0.2) is 10.3 Å². The van der Waals surface area contributed by atoms with E-state index in [-0.39, 0.29) is 0 Å². The standard InChI is InChI=1S/C19H15BrN2O3/c20-17-12-11-16(25-17)13-21-22-18(23)19(24,14-7-3-1-4-8-14)15-9-5-2-6-10-15/h1-13,24H,(H,22,23)/b21-13-. The molecule has 1 amide bonds. The van der Waals surface area contributed by atoms with Crippen LogP contribution in [0.4, 0.5) is 0 Å². The van der Waals surface area contributed by atoms with Crippen LogP contribution >= 0.6 is 15.9 Å². The molecule has 0 saturated heterocycles. The Balaban J connectivity index is 1.89. The summed E-state index contributed by atoms with van der Waals surface area (Å²) in [4.78, 5) is 12.7. The largest absolute Gasteiger partial charge is 0.448 e. The maximum Gasteiger partial charge on any atom is 0.281 e. The van der Waals surface area contributed by atoms with E-state index in [1.165, 1.54) is 6.21 Å². The second kappa shape index (κ2) is 7.46. The van der Waals surface area contributed by atoms with Crippen LogP contribution in [-0.2, 0) is 10.4 Å². The van der Waals surface area contributed by atoms with E-state index < -0.39 is 11.5 Å². The summed E-state index contributed by atoms with van der Waals surface area (Å²) in [6.45, 7) is 0. The molecular formula is C19H15BrN2O3. The fourth-order valence-electron chi connectivity index (χ4n) is 2.42. The van der Waals surface area contributed by atoms with E-state index in [9.17, 15) is 9.90 Å². The summed E-state index contributed by atoms with van der Waals surface area (Å²) in [5, 5.41) is 15.1. The van der Waals surface area contributed by atoms with E-state index in [0.29, 0.717) is 21.6 Å². The highest BCUT2D eigenvalue weighted by atomic mass is 79.9. The third kappa shape index (κ3) is 3.70. The molecule has 2 aromatic carbocycles. The lowest BCUT2D eigenvalue weighted by molar-refractivity contribution is -0.136. The minimum atomic E-state index is -1.86. The van der Waals surface area contributed by atoms with Gasteiger partial charge in [-0.15, -0.1) is 0 Å². The number of carbonyl (C=O) groups excluding carboxylic acids is 1.